The van der Waals surface area contributed by atoms with E-state index in [2.05, 4.69) is 16.0 Å². The highest BCUT2D eigenvalue weighted by molar-refractivity contribution is 5.86. The molecule has 1 aromatic heterocycles. The van der Waals surface area contributed by atoms with Gasteiger partial charge in [-0.2, -0.15) is 5.26 Å². The van der Waals surface area contributed by atoms with Crippen molar-refractivity contribution in [2.45, 2.75) is 12.8 Å². The van der Waals surface area contributed by atoms with Crippen LogP contribution in [0.1, 0.15) is 23.2 Å². The van der Waals surface area contributed by atoms with Crippen molar-refractivity contribution in [3.8, 4) is 23.2 Å². The quantitative estimate of drug-likeness (QED) is 0.818. The van der Waals surface area contributed by atoms with Gasteiger partial charge in [-0.25, -0.2) is 14.8 Å². The molecule has 0 aliphatic carbocycles. The Balaban J connectivity index is 2.01. The lowest BCUT2D eigenvalue weighted by Gasteiger charge is -2.05. The van der Waals surface area contributed by atoms with Crippen molar-refractivity contribution in [1.29, 1.82) is 5.26 Å². The molecule has 0 fully saturated rings. The number of hydrogen-bond donors (Lipinski definition) is 1. The summed E-state index contributed by atoms with van der Waals surface area (Å²) in [7, 11) is 0. The molecule has 1 N–H and O–H groups in total. The van der Waals surface area contributed by atoms with Crippen molar-refractivity contribution >= 4 is 5.97 Å². The van der Waals surface area contributed by atoms with E-state index < -0.39 is 5.97 Å². The predicted molar refractivity (Wildman–Crippen MR) is 74.8 cm³/mol. The van der Waals surface area contributed by atoms with Gasteiger partial charge < -0.3 is 9.84 Å². The second kappa shape index (κ2) is 7.01. The molecular formula is C15H13N3O3. The molecule has 0 saturated carbocycles. The number of unbranched alkanes of at least 4 members (excludes halogenated alkanes) is 1. The zero-order valence-electron chi connectivity index (χ0n) is 11.2. The lowest BCUT2D eigenvalue weighted by Crippen LogP contribution is -1.99. The second-order valence-corrected chi connectivity index (χ2v) is 4.24. The topological polar surface area (TPSA) is 96.1 Å². The molecule has 6 nitrogen and oxygen atoms in total. The normalized spacial score (nSPS) is 9.86. The smallest absolute Gasteiger partial charge is 0.338 e. The third kappa shape index (κ3) is 4.01. The molecule has 0 aliphatic rings. The Morgan fingerprint density at radius 2 is 1.90 bits per heavy atom. The Morgan fingerprint density at radius 1 is 1.24 bits per heavy atom. The zero-order chi connectivity index (χ0) is 15.1. The van der Waals surface area contributed by atoms with E-state index >= 15 is 0 Å². The van der Waals surface area contributed by atoms with Crippen LogP contribution in [0.5, 0.6) is 5.75 Å². The number of aromatic carboxylic acids is 1. The largest absolute Gasteiger partial charge is 0.494 e. The molecule has 21 heavy (non-hydrogen) atoms. The van der Waals surface area contributed by atoms with E-state index in [0.717, 1.165) is 5.56 Å². The Hall–Kier alpha value is -2.94. The summed E-state index contributed by atoms with van der Waals surface area (Å²) >= 11 is 0. The van der Waals surface area contributed by atoms with Gasteiger partial charge in [-0.3, -0.25) is 0 Å². The van der Waals surface area contributed by atoms with Crippen LogP contribution in [0.15, 0.2) is 36.7 Å². The van der Waals surface area contributed by atoms with Crippen molar-refractivity contribution in [3.05, 3.63) is 42.2 Å². The minimum atomic E-state index is -1.05. The predicted octanol–water partition coefficient (Wildman–Crippen LogP) is 2.52. The number of ether oxygens (including phenoxy) is 1. The second-order valence-electron chi connectivity index (χ2n) is 4.24. The van der Waals surface area contributed by atoms with Gasteiger partial charge in [0.15, 0.2) is 5.82 Å². The monoisotopic (exact) mass is 283 g/mol. The molecule has 6 heteroatoms. The number of hydrogen-bond acceptors (Lipinski definition) is 5. The highest BCUT2D eigenvalue weighted by atomic mass is 16.5. The lowest BCUT2D eigenvalue weighted by atomic mass is 10.2. The van der Waals surface area contributed by atoms with E-state index in [0.29, 0.717) is 31.0 Å². The van der Waals surface area contributed by atoms with Crippen molar-refractivity contribution in [2.75, 3.05) is 6.61 Å². The van der Waals surface area contributed by atoms with Gasteiger partial charge in [0.05, 0.1) is 18.2 Å². The maximum atomic E-state index is 10.7. The SMILES string of the molecule is N#CCCCOc1ccc(-c2ncc(C(=O)O)cn2)cc1. The van der Waals surface area contributed by atoms with E-state index in [4.69, 9.17) is 15.1 Å². The van der Waals surface area contributed by atoms with Crippen LogP contribution in [0.3, 0.4) is 0 Å². The van der Waals surface area contributed by atoms with Crippen LogP contribution in [0.25, 0.3) is 11.4 Å². The Labute approximate surface area is 121 Å². The molecular weight excluding hydrogens is 270 g/mol. The highest BCUT2D eigenvalue weighted by Gasteiger charge is 2.06. The summed E-state index contributed by atoms with van der Waals surface area (Å²) in [4.78, 5) is 18.8. The van der Waals surface area contributed by atoms with Gasteiger partial charge in [-0.05, 0) is 30.7 Å². The third-order valence-electron chi connectivity index (χ3n) is 2.71. The van der Waals surface area contributed by atoms with Crippen LogP contribution in [0.2, 0.25) is 0 Å². The van der Waals surface area contributed by atoms with Gasteiger partial charge in [0.25, 0.3) is 0 Å². The number of nitrogens with zero attached hydrogens (tertiary/aromatic N) is 3. The van der Waals surface area contributed by atoms with Crippen LogP contribution in [0.4, 0.5) is 0 Å². The fourth-order valence-electron chi connectivity index (χ4n) is 1.63. The van der Waals surface area contributed by atoms with Crippen LogP contribution in [-0.2, 0) is 0 Å². The van der Waals surface area contributed by atoms with Gasteiger partial charge in [0.1, 0.15) is 5.75 Å². The van der Waals surface area contributed by atoms with Crippen LogP contribution < -0.4 is 4.74 Å². The Kier molecular flexibility index (Phi) is 4.83. The summed E-state index contributed by atoms with van der Waals surface area (Å²) < 4.78 is 5.48. The summed E-state index contributed by atoms with van der Waals surface area (Å²) in [5, 5.41) is 17.2. The fraction of sp³-hybridized carbons (Fsp3) is 0.200. The van der Waals surface area contributed by atoms with Crippen molar-refractivity contribution in [2.24, 2.45) is 0 Å². The standard InChI is InChI=1S/C15H13N3O3/c16-7-1-2-8-21-13-5-3-11(4-6-13)14-17-9-12(10-18-14)15(19)20/h3-6,9-10H,1-2,8H2,(H,19,20). The van der Waals surface area contributed by atoms with Crippen molar-refractivity contribution < 1.29 is 14.6 Å². The number of carboxylic acid groups (broad SMARTS) is 1. The molecule has 2 aromatic rings. The van der Waals surface area contributed by atoms with Gasteiger partial charge in [0, 0.05) is 24.4 Å². The molecule has 0 spiro atoms. The maximum absolute atomic E-state index is 10.7. The maximum Gasteiger partial charge on any atom is 0.338 e. The number of carboxylic acids is 1. The van der Waals surface area contributed by atoms with E-state index in [1.165, 1.54) is 12.4 Å². The summed E-state index contributed by atoms with van der Waals surface area (Å²) in [6.07, 6.45) is 3.72. The molecule has 2 rings (SSSR count). The number of aromatic nitrogens is 2. The first-order valence-corrected chi connectivity index (χ1v) is 6.36. The van der Waals surface area contributed by atoms with Gasteiger partial charge in [0.2, 0.25) is 0 Å². The average molecular weight is 283 g/mol. The van der Waals surface area contributed by atoms with E-state index in [-0.39, 0.29) is 5.56 Å². The number of benzene rings is 1. The Morgan fingerprint density at radius 3 is 2.48 bits per heavy atom. The zero-order valence-corrected chi connectivity index (χ0v) is 11.2. The fourth-order valence-corrected chi connectivity index (χ4v) is 1.63. The summed E-state index contributed by atoms with van der Waals surface area (Å²) in [5.41, 5.74) is 0.826. The van der Waals surface area contributed by atoms with Crippen LogP contribution in [0, 0.1) is 11.3 Å². The molecule has 0 atom stereocenters. The number of rotatable bonds is 6. The van der Waals surface area contributed by atoms with E-state index in [1.807, 2.05) is 0 Å². The first-order valence-electron chi connectivity index (χ1n) is 6.36. The molecule has 0 amide bonds. The summed E-state index contributed by atoms with van der Waals surface area (Å²) in [6.45, 7) is 0.497. The Bertz CT molecular complexity index is 645. The third-order valence-corrected chi connectivity index (χ3v) is 2.71. The molecule has 0 unspecified atom stereocenters. The first kappa shape index (κ1) is 14.5. The van der Waals surface area contributed by atoms with Crippen molar-refractivity contribution in [1.82, 2.24) is 9.97 Å². The first-order chi connectivity index (χ1) is 10.2. The van der Waals surface area contributed by atoms with E-state index in [1.54, 1.807) is 24.3 Å². The minimum absolute atomic E-state index is 0.0520. The van der Waals surface area contributed by atoms with E-state index in [9.17, 15) is 4.79 Å². The molecule has 0 radical (unpaired) electrons. The molecule has 1 heterocycles. The van der Waals surface area contributed by atoms with Gasteiger partial charge in [-0.1, -0.05) is 0 Å². The average Bonchev–Trinajstić information content (AvgIpc) is 2.52. The molecule has 0 saturated heterocycles. The minimum Gasteiger partial charge on any atom is -0.494 e. The van der Waals surface area contributed by atoms with Crippen LogP contribution in [-0.4, -0.2) is 27.7 Å². The summed E-state index contributed by atoms with van der Waals surface area (Å²) in [6, 6.07) is 9.24. The highest BCUT2D eigenvalue weighted by Crippen LogP contribution is 2.19. The van der Waals surface area contributed by atoms with Gasteiger partial charge in [-0.15, -0.1) is 0 Å². The summed E-state index contributed by atoms with van der Waals surface area (Å²) in [5.74, 6) is 0.109. The molecule has 0 aliphatic heterocycles. The molecule has 1 aromatic carbocycles. The van der Waals surface area contributed by atoms with Crippen LogP contribution >= 0.6 is 0 Å². The molecule has 0 bridgehead atoms. The molecule has 106 valence electrons. The number of nitriles is 1. The number of carbonyl (C=O) groups is 1. The van der Waals surface area contributed by atoms with Crippen molar-refractivity contribution in [3.63, 3.8) is 0 Å². The lowest BCUT2D eigenvalue weighted by molar-refractivity contribution is 0.0696. The van der Waals surface area contributed by atoms with Gasteiger partial charge >= 0.3 is 5.97 Å².